The summed E-state index contributed by atoms with van der Waals surface area (Å²) in [6, 6.07) is 11.8. The molecule has 29 heavy (non-hydrogen) atoms. The number of benzene rings is 1. The maximum absolute atomic E-state index is 13.3. The lowest BCUT2D eigenvalue weighted by atomic mass is 10.0. The zero-order valence-electron chi connectivity index (χ0n) is 16.0. The number of furan rings is 1. The van der Waals surface area contributed by atoms with Crippen LogP contribution in [0.3, 0.4) is 0 Å². The van der Waals surface area contributed by atoms with Crippen LogP contribution in [0.25, 0.3) is 22.2 Å². The molecule has 0 radical (unpaired) electrons. The van der Waals surface area contributed by atoms with E-state index in [1.165, 1.54) is 4.88 Å². The highest BCUT2D eigenvalue weighted by Gasteiger charge is 2.27. The van der Waals surface area contributed by atoms with Gasteiger partial charge in [-0.05, 0) is 37.5 Å². The molecule has 3 aromatic heterocycles. The van der Waals surface area contributed by atoms with E-state index in [-0.39, 0.29) is 5.91 Å². The summed E-state index contributed by atoms with van der Waals surface area (Å²) in [7, 11) is 1.98. The molecular formula is C23H19N3O2S. The Morgan fingerprint density at radius 1 is 1.24 bits per heavy atom. The standard InChI is InChI=1S/C23H19N3O2S/c1-26-21-15-10-11-28-19(15)8-9-20(21)29-23(26)25-22(27)16-12-18(13-6-7-13)24-17-5-3-2-4-14(16)17/h2-5,10-13H,6-9H2,1H3. The summed E-state index contributed by atoms with van der Waals surface area (Å²) in [6.45, 7) is 0. The number of hydrogen-bond donors (Lipinski definition) is 0. The second-order valence-corrected chi connectivity index (χ2v) is 8.84. The van der Waals surface area contributed by atoms with E-state index in [0.717, 1.165) is 64.1 Å². The van der Waals surface area contributed by atoms with E-state index in [0.29, 0.717) is 11.5 Å². The predicted molar refractivity (Wildman–Crippen MR) is 112 cm³/mol. The first-order valence-corrected chi connectivity index (χ1v) is 10.7. The first-order valence-electron chi connectivity index (χ1n) is 9.93. The van der Waals surface area contributed by atoms with Crippen LogP contribution >= 0.6 is 11.3 Å². The van der Waals surface area contributed by atoms with Gasteiger partial charge in [0.15, 0.2) is 4.80 Å². The molecular weight excluding hydrogens is 382 g/mol. The molecule has 3 heterocycles. The van der Waals surface area contributed by atoms with Crippen molar-refractivity contribution in [1.29, 1.82) is 0 Å². The summed E-state index contributed by atoms with van der Waals surface area (Å²) in [5.41, 5.74) is 4.76. The molecule has 5 nitrogen and oxygen atoms in total. The van der Waals surface area contributed by atoms with Gasteiger partial charge in [-0.3, -0.25) is 9.78 Å². The fourth-order valence-corrected chi connectivity index (χ4v) is 5.31. The van der Waals surface area contributed by atoms with Crippen molar-refractivity contribution in [3.05, 3.63) is 69.4 Å². The summed E-state index contributed by atoms with van der Waals surface area (Å²) < 4.78 is 7.63. The highest BCUT2D eigenvalue weighted by molar-refractivity contribution is 7.09. The smallest absolute Gasteiger partial charge is 0.280 e. The summed E-state index contributed by atoms with van der Waals surface area (Å²) in [6.07, 6.45) is 5.85. The van der Waals surface area contributed by atoms with Crippen molar-refractivity contribution in [2.24, 2.45) is 12.0 Å². The fourth-order valence-electron chi connectivity index (χ4n) is 4.19. The van der Waals surface area contributed by atoms with Gasteiger partial charge in [0, 0.05) is 40.9 Å². The minimum Gasteiger partial charge on any atom is -0.469 e. The van der Waals surface area contributed by atoms with Gasteiger partial charge < -0.3 is 8.98 Å². The van der Waals surface area contributed by atoms with Crippen molar-refractivity contribution in [3.63, 3.8) is 0 Å². The van der Waals surface area contributed by atoms with Crippen LogP contribution in [0, 0.1) is 0 Å². The first-order chi connectivity index (χ1) is 14.2. The highest BCUT2D eigenvalue weighted by Crippen LogP contribution is 2.40. The van der Waals surface area contributed by atoms with Crippen molar-refractivity contribution < 1.29 is 9.21 Å². The van der Waals surface area contributed by atoms with Crippen LogP contribution < -0.4 is 4.80 Å². The first kappa shape index (κ1) is 16.9. The number of nitrogens with zero attached hydrogens (tertiary/aromatic N) is 3. The number of fused-ring (bicyclic) bond motifs is 4. The number of carbonyl (C=O) groups is 1. The van der Waals surface area contributed by atoms with E-state index < -0.39 is 0 Å². The van der Waals surface area contributed by atoms with Crippen LogP contribution in [0.2, 0.25) is 0 Å². The predicted octanol–water partition coefficient (Wildman–Crippen LogP) is 4.61. The van der Waals surface area contributed by atoms with Crippen molar-refractivity contribution in [1.82, 2.24) is 9.55 Å². The molecule has 2 aliphatic rings. The lowest BCUT2D eigenvalue weighted by molar-refractivity contribution is 0.0999. The molecule has 0 bridgehead atoms. The maximum Gasteiger partial charge on any atom is 0.280 e. The normalized spacial score (nSPS) is 16.1. The molecule has 1 fully saturated rings. The lowest BCUT2D eigenvalue weighted by Gasteiger charge is -2.11. The Kier molecular flexibility index (Phi) is 3.65. The molecule has 6 heteroatoms. The number of amides is 1. The molecule has 6 rings (SSSR count). The molecule has 1 amide bonds. The Morgan fingerprint density at radius 3 is 2.97 bits per heavy atom. The van der Waals surface area contributed by atoms with Gasteiger partial charge in [0.25, 0.3) is 5.91 Å². The van der Waals surface area contributed by atoms with Crippen molar-refractivity contribution in [2.45, 2.75) is 31.6 Å². The molecule has 0 saturated heterocycles. The Balaban J connectivity index is 1.50. The third-order valence-electron chi connectivity index (χ3n) is 5.84. The molecule has 0 aliphatic heterocycles. The Labute approximate surface area is 171 Å². The zero-order valence-corrected chi connectivity index (χ0v) is 16.8. The number of aromatic nitrogens is 2. The minimum atomic E-state index is -0.202. The van der Waals surface area contributed by atoms with E-state index in [4.69, 9.17) is 9.40 Å². The van der Waals surface area contributed by atoms with E-state index in [1.54, 1.807) is 17.6 Å². The fraction of sp³-hybridized carbons (Fsp3) is 0.261. The lowest BCUT2D eigenvalue weighted by Crippen LogP contribution is -2.15. The average molecular weight is 401 g/mol. The molecule has 1 saturated carbocycles. The van der Waals surface area contributed by atoms with E-state index >= 15 is 0 Å². The minimum absolute atomic E-state index is 0.202. The van der Waals surface area contributed by atoms with Gasteiger partial charge in [0.2, 0.25) is 0 Å². The van der Waals surface area contributed by atoms with E-state index in [2.05, 4.69) is 4.99 Å². The Morgan fingerprint density at radius 2 is 2.10 bits per heavy atom. The highest BCUT2D eigenvalue weighted by atomic mass is 32.1. The number of hydrogen-bond acceptors (Lipinski definition) is 4. The van der Waals surface area contributed by atoms with Crippen molar-refractivity contribution in [3.8, 4) is 11.3 Å². The molecule has 0 N–H and O–H groups in total. The van der Waals surface area contributed by atoms with Gasteiger partial charge >= 0.3 is 0 Å². The van der Waals surface area contributed by atoms with Crippen LogP contribution in [0.5, 0.6) is 0 Å². The quantitative estimate of drug-likeness (QED) is 0.493. The Bertz CT molecular complexity index is 1350. The summed E-state index contributed by atoms with van der Waals surface area (Å²) >= 11 is 1.60. The second-order valence-electron chi connectivity index (χ2n) is 7.78. The van der Waals surface area contributed by atoms with Crippen molar-refractivity contribution in [2.75, 3.05) is 0 Å². The van der Waals surface area contributed by atoms with Crippen LogP contribution in [-0.4, -0.2) is 15.5 Å². The molecule has 0 unspecified atom stereocenters. The summed E-state index contributed by atoms with van der Waals surface area (Å²) in [4.78, 5) is 24.6. The SMILES string of the molecule is Cn1c2c(sc1=NC(=O)c1cc(C3CC3)nc3ccccc13)CCc1occc1-2. The third kappa shape index (κ3) is 2.70. The van der Waals surface area contributed by atoms with E-state index in [1.807, 2.05) is 48.0 Å². The van der Waals surface area contributed by atoms with Gasteiger partial charge in [0.05, 0.1) is 23.0 Å². The van der Waals surface area contributed by atoms with Crippen LogP contribution in [-0.2, 0) is 19.9 Å². The van der Waals surface area contributed by atoms with Gasteiger partial charge in [0.1, 0.15) is 5.76 Å². The molecule has 0 spiro atoms. The van der Waals surface area contributed by atoms with Crippen LogP contribution in [0.15, 0.2) is 52.1 Å². The average Bonchev–Trinajstić information content (AvgIpc) is 3.40. The molecule has 2 aliphatic carbocycles. The molecule has 0 atom stereocenters. The van der Waals surface area contributed by atoms with Gasteiger partial charge in [-0.2, -0.15) is 4.99 Å². The van der Waals surface area contributed by atoms with Gasteiger partial charge in [-0.25, -0.2) is 0 Å². The second kappa shape index (κ2) is 6.26. The molecule has 1 aromatic carbocycles. The monoisotopic (exact) mass is 401 g/mol. The third-order valence-corrected chi connectivity index (χ3v) is 7.03. The summed E-state index contributed by atoms with van der Waals surface area (Å²) in [5, 5.41) is 0.867. The Hall–Kier alpha value is -2.99. The van der Waals surface area contributed by atoms with Crippen molar-refractivity contribution >= 4 is 28.1 Å². The summed E-state index contributed by atoms with van der Waals surface area (Å²) in [5.74, 6) is 1.29. The molecule has 4 aromatic rings. The van der Waals surface area contributed by atoms with Crippen LogP contribution in [0.4, 0.5) is 0 Å². The van der Waals surface area contributed by atoms with Gasteiger partial charge in [-0.1, -0.05) is 18.2 Å². The van der Waals surface area contributed by atoms with Gasteiger partial charge in [-0.15, -0.1) is 11.3 Å². The number of carbonyl (C=O) groups excluding carboxylic acids is 1. The number of rotatable bonds is 2. The maximum atomic E-state index is 13.3. The zero-order chi connectivity index (χ0) is 19.5. The number of aryl methyl sites for hydroxylation is 2. The number of pyridine rings is 1. The molecule has 144 valence electrons. The van der Waals surface area contributed by atoms with Crippen LogP contribution in [0.1, 0.15) is 45.4 Å². The van der Waals surface area contributed by atoms with E-state index in [9.17, 15) is 4.79 Å². The number of para-hydroxylation sites is 1. The largest absolute Gasteiger partial charge is 0.469 e. The number of thiazole rings is 1. The topological polar surface area (TPSA) is 60.4 Å².